The van der Waals surface area contributed by atoms with Crippen LogP contribution >= 0.6 is 0 Å². The van der Waals surface area contributed by atoms with Crippen molar-refractivity contribution in [1.82, 2.24) is 10.2 Å². The fraction of sp³-hybridized carbons (Fsp3) is 0.625. The van der Waals surface area contributed by atoms with E-state index in [-0.39, 0.29) is 0 Å². The molecule has 0 amide bonds. The van der Waals surface area contributed by atoms with Gasteiger partial charge >= 0.3 is 0 Å². The molecule has 116 valence electrons. The molecule has 0 unspecified atom stereocenters. The summed E-state index contributed by atoms with van der Waals surface area (Å²) in [5, 5.41) is 3.53. The number of hydrogen-bond acceptors (Lipinski definition) is 5. The summed E-state index contributed by atoms with van der Waals surface area (Å²) in [6.45, 7) is 2.87. The molecule has 5 heteroatoms. The summed E-state index contributed by atoms with van der Waals surface area (Å²) in [6.07, 6.45) is 3.57. The molecule has 1 aliphatic heterocycles. The summed E-state index contributed by atoms with van der Waals surface area (Å²) < 4.78 is 16.9. The molecule has 1 fully saturated rings. The molecule has 1 saturated carbocycles. The molecule has 0 aromatic heterocycles. The highest BCUT2D eigenvalue weighted by molar-refractivity contribution is 5.51. The van der Waals surface area contributed by atoms with Crippen LogP contribution in [0.25, 0.3) is 0 Å². The van der Waals surface area contributed by atoms with Crippen molar-refractivity contribution < 1.29 is 14.2 Å². The predicted octanol–water partition coefficient (Wildman–Crippen LogP) is 2.00. The largest absolute Gasteiger partial charge is 0.493 e. The van der Waals surface area contributed by atoms with Gasteiger partial charge in [-0.3, -0.25) is 0 Å². The Bertz CT molecular complexity index is 487. The molecule has 21 heavy (non-hydrogen) atoms. The van der Waals surface area contributed by atoms with Crippen molar-refractivity contribution in [2.24, 2.45) is 0 Å². The van der Waals surface area contributed by atoms with Crippen molar-refractivity contribution in [3.8, 4) is 17.2 Å². The van der Waals surface area contributed by atoms with E-state index >= 15 is 0 Å². The fourth-order valence-corrected chi connectivity index (χ4v) is 2.34. The van der Waals surface area contributed by atoms with Gasteiger partial charge in [-0.1, -0.05) is 0 Å². The van der Waals surface area contributed by atoms with Gasteiger partial charge < -0.3 is 24.4 Å². The van der Waals surface area contributed by atoms with Crippen LogP contribution in [0.5, 0.6) is 17.2 Å². The molecular formula is C16H24N2O3. The smallest absolute Gasteiger partial charge is 0.231 e. The highest BCUT2D eigenvalue weighted by atomic mass is 16.7. The van der Waals surface area contributed by atoms with Crippen LogP contribution in [0.15, 0.2) is 12.1 Å². The summed E-state index contributed by atoms with van der Waals surface area (Å²) in [5.74, 6) is 2.52. The van der Waals surface area contributed by atoms with Crippen LogP contribution < -0.4 is 19.5 Å². The molecule has 5 nitrogen and oxygen atoms in total. The van der Waals surface area contributed by atoms with E-state index in [9.17, 15) is 0 Å². The Hall–Kier alpha value is -1.46. The van der Waals surface area contributed by atoms with E-state index < -0.39 is 0 Å². The average Bonchev–Trinajstić information content (AvgIpc) is 3.18. The second-order valence-corrected chi connectivity index (χ2v) is 5.97. The van der Waals surface area contributed by atoms with Gasteiger partial charge in [0.05, 0.1) is 6.61 Å². The molecule has 0 spiro atoms. The molecule has 0 saturated heterocycles. The Labute approximate surface area is 126 Å². The zero-order valence-electron chi connectivity index (χ0n) is 12.9. The molecule has 3 rings (SSSR count). The van der Waals surface area contributed by atoms with Crippen molar-refractivity contribution >= 4 is 0 Å². The second kappa shape index (κ2) is 6.54. The van der Waals surface area contributed by atoms with Gasteiger partial charge in [-0.05, 0) is 39.4 Å². The number of nitrogens with zero attached hydrogens (tertiary/aromatic N) is 1. The van der Waals surface area contributed by atoms with Crippen molar-refractivity contribution in [3.05, 3.63) is 17.7 Å². The second-order valence-electron chi connectivity index (χ2n) is 5.97. The molecular weight excluding hydrogens is 268 g/mol. The van der Waals surface area contributed by atoms with Crippen molar-refractivity contribution in [3.63, 3.8) is 0 Å². The summed E-state index contributed by atoms with van der Waals surface area (Å²) in [7, 11) is 4.15. The first-order chi connectivity index (χ1) is 10.2. The lowest BCUT2D eigenvalue weighted by Crippen LogP contribution is -2.17. The van der Waals surface area contributed by atoms with E-state index in [1.165, 1.54) is 12.8 Å². The topological polar surface area (TPSA) is 43.0 Å². The molecule has 1 aromatic carbocycles. The number of ether oxygens (including phenoxy) is 3. The minimum Gasteiger partial charge on any atom is -0.493 e. The van der Waals surface area contributed by atoms with Crippen LogP contribution in [0.1, 0.15) is 24.8 Å². The van der Waals surface area contributed by atoms with E-state index in [1.54, 1.807) is 0 Å². The summed E-state index contributed by atoms with van der Waals surface area (Å²) >= 11 is 0. The average molecular weight is 292 g/mol. The molecule has 1 aliphatic carbocycles. The van der Waals surface area contributed by atoms with Crippen LogP contribution in [0.3, 0.4) is 0 Å². The summed E-state index contributed by atoms with van der Waals surface area (Å²) in [6, 6.07) is 4.68. The summed E-state index contributed by atoms with van der Waals surface area (Å²) in [5.41, 5.74) is 1.15. The van der Waals surface area contributed by atoms with Crippen LogP contribution in [-0.2, 0) is 6.54 Å². The van der Waals surface area contributed by atoms with Gasteiger partial charge in [0, 0.05) is 30.8 Å². The van der Waals surface area contributed by atoms with Crippen LogP contribution in [-0.4, -0.2) is 45.0 Å². The number of nitrogens with one attached hydrogen (secondary N) is 1. The maximum atomic E-state index is 5.96. The first-order valence-electron chi connectivity index (χ1n) is 7.66. The Morgan fingerprint density at radius 2 is 2.00 bits per heavy atom. The number of fused-ring (bicyclic) bond motifs is 1. The van der Waals surface area contributed by atoms with Crippen molar-refractivity contribution in [2.75, 3.05) is 34.0 Å². The highest BCUT2D eigenvalue weighted by Crippen LogP contribution is 2.38. The van der Waals surface area contributed by atoms with Gasteiger partial charge in [0.25, 0.3) is 0 Å². The Morgan fingerprint density at radius 1 is 1.24 bits per heavy atom. The van der Waals surface area contributed by atoms with Crippen LogP contribution in [0, 0.1) is 0 Å². The first-order valence-corrected chi connectivity index (χ1v) is 7.66. The van der Waals surface area contributed by atoms with Crippen molar-refractivity contribution in [1.29, 1.82) is 0 Å². The minimum absolute atomic E-state index is 0.301. The zero-order valence-corrected chi connectivity index (χ0v) is 12.9. The van der Waals surface area contributed by atoms with Crippen LogP contribution in [0.4, 0.5) is 0 Å². The number of rotatable bonds is 8. The van der Waals surface area contributed by atoms with Gasteiger partial charge in [-0.15, -0.1) is 0 Å². The molecule has 1 heterocycles. The lowest BCUT2D eigenvalue weighted by molar-refractivity contribution is 0.173. The first kappa shape index (κ1) is 14.5. The van der Waals surface area contributed by atoms with Gasteiger partial charge in [0.2, 0.25) is 6.79 Å². The lowest BCUT2D eigenvalue weighted by Gasteiger charge is -2.14. The Morgan fingerprint density at radius 3 is 2.71 bits per heavy atom. The normalized spacial score (nSPS) is 16.5. The number of hydrogen-bond donors (Lipinski definition) is 1. The third-order valence-electron chi connectivity index (χ3n) is 3.72. The van der Waals surface area contributed by atoms with Gasteiger partial charge in [0.1, 0.15) is 5.75 Å². The maximum Gasteiger partial charge on any atom is 0.231 e. The van der Waals surface area contributed by atoms with E-state index in [1.807, 2.05) is 12.1 Å². The van der Waals surface area contributed by atoms with Gasteiger partial charge in [-0.25, -0.2) is 0 Å². The molecule has 0 radical (unpaired) electrons. The number of benzene rings is 1. The minimum atomic E-state index is 0.301. The predicted molar refractivity (Wildman–Crippen MR) is 81.1 cm³/mol. The van der Waals surface area contributed by atoms with E-state index in [0.717, 1.165) is 42.3 Å². The van der Waals surface area contributed by atoms with E-state index in [4.69, 9.17) is 14.2 Å². The standard InChI is InChI=1S/C16H24N2O3/c1-18(2)6-3-7-19-14-9-16-15(20-11-21-16)8-12(14)10-17-13-4-5-13/h8-9,13,17H,3-7,10-11H2,1-2H3. The molecule has 1 aromatic rings. The quantitative estimate of drug-likeness (QED) is 0.742. The zero-order chi connectivity index (χ0) is 14.7. The van der Waals surface area contributed by atoms with Gasteiger partial charge in [0.15, 0.2) is 11.5 Å². The third-order valence-corrected chi connectivity index (χ3v) is 3.72. The third kappa shape index (κ3) is 4.02. The lowest BCUT2D eigenvalue weighted by atomic mass is 10.1. The van der Waals surface area contributed by atoms with Crippen molar-refractivity contribution in [2.45, 2.75) is 31.8 Å². The molecule has 0 atom stereocenters. The van der Waals surface area contributed by atoms with Gasteiger partial charge in [-0.2, -0.15) is 0 Å². The summed E-state index contributed by atoms with van der Waals surface area (Å²) in [4.78, 5) is 2.17. The van der Waals surface area contributed by atoms with E-state index in [0.29, 0.717) is 19.4 Å². The monoisotopic (exact) mass is 292 g/mol. The Kier molecular flexibility index (Phi) is 4.51. The fourth-order valence-electron chi connectivity index (χ4n) is 2.34. The molecule has 0 bridgehead atoms. The molecule has 1 N–H and O–H groups in total. The van der Waals surface area contributed by atoms with E-state index in [2.05, 4.69) is 24.3 Å². The highest BCUT2D eigenvalue weighted by Gasteiger charge is 2.22. The SMILES string of the molecule is CN(C)CCCOc1cc2c(cc1CNC1CC1)OCO2. The molecule has 2 aliphatic rings. The Balaban J connectivity index is 1.63. The van der Waals surface area contributed by atoms with Crippen LogP contribution in [0.2, 0.25) is 0 Å². The maximum absolute atomic E-state index is 5.96.